The van der Waals surface area contributed by atoms with E-state index in [1.54, 1.807) is 0 Å². The molecule has 1 aliphatic heterocycles. The highest BCUT2D eigenvalue weighted by molar-refractivity contribution is 5.81. The van der Waals surface area contributed by atoms with Gasteiger partial charge in [0.15, 0.2) is 0 Å². The molecule has 3 nitrogen and oxygen atoms in total. The van der Waals surface area contributed by atoms with E-state index in [4.69, 9.17) is 4.74 Å². The molecular formula is C8H15NO2. The fourth-order valence-corrected chi connectivity index (χ4v) is 1.17. The highest BCUT2D eigenvalue weighted by Gasteiger charge is 2.28. The Morgan fingerprint density at radius 3 is 2.36 bits per heavy atom. The lowest BCUT2D eigenvalue weighted by Gasteiger charge is -2.30. The van der Waals surface area contributed by atoms with Crippen molar-refractivity contribution in [1.82, 2.24) is 4.90 Å². The summed E-state index contributed by atoms with van der Waals surface area (Å²) in [6.07, 6.45) is 0.768. The molecule has 1 rings (SSSR count). The van der Waals surface area contributed by atoms with E-state index in [-0.39, 0.29) is 12.0 Å². The van der Waals surface area contributed by atoms with Crippen LogP contribution in [0, 0.1) is 0 Å². The highest BCUT2D eigenvalue weighted by atomic mass is 16.5. The van der Waals surface area contributed by atoms with Crippen molar-refractivity contribution in [2.75, 3.05) is 19.7 Å². The van der Waals surface area contributed by atoms with Gasteiger partial charge in [0, 0.05) is 19.5 Å². The SMILES string of the molecule is CCN(CC)C(=O)C1CCO1. The fraction of sp³-hybridized carbons (Fsp3) is 0.875. The second kappa shape index (κ2) is 3.72. The van der Waals surface area contributed by atoms with E-state index in [1.165, 1.54) is 0 Å². The van der Waals surface area contributed by atoms with Gasteiger partial charge in [-0.1, -0.05) is 0 Å². The van der Waals surface area contributed by atoms with Crippen LogP contribution in [0.4, 0.5) is 0 Å². The normalized spacial score (nSPS) is 22.5. The summed E-state index contributed by atoms with van der Waals surface area (Å²) >= 11 is 0. The third kappa shape index (κ3) is 1.71. The molecule has 11 heavy (non-hydrogen) atoms. The van der Waals surface area contributed by atoms with Crippen molar-refractivity contribution >= 4 is 5.91 Å². The molecule has 0 aromatic carbocycles. The third-order valence-electron chi connectivity index (χ3n) is 2.05. The summed E-state index contributed by atoms with van der Waals surface area (Å²) in [4.78, 5) is 13.2. The Kier molecular flexibility index (Phi) is 2.88. The summed E-state index contributed by atoms with van der Waals surface area (Å²) in [6, 6.07) is 0. The number of hydrogen-bond donors (Lipinski definition) is 0. The molecule has 0 spiro atoms. The van der Waals surface area contributed by atoms with Gasteiger partial charge in [-0.05, 0) is 13.8 Å². The van der Waals surface area contributed by atoms with Gasteiger partial charge in [-0.25, -0.2) is 0 Å². The number of nitrogens with zero attached hydrogens (tertiary/aromatic N) is 1. The molecule has 1 saturated heterocycles. The van der Waals surface area contributed by atoms with Crippen molar-refractivity contribution < 1.29 is 9.53 Å². The molecule has 0 aromatic heterocycles. The van der Waals surface area contributed by atoms with E-state index in [2.05, 4.69) is 0 Å². The predicted octanol–water partition coefficient (Wildman–Crippen LogP) is 0.644. The second-order valence-corrected chi connectivity index (χ2v) is 2.66. The molecule has 0 radical (unpaired) electrons. The Labute approximate surface area is 67.3 Å². The number of hydrogen-bond acceptors (Lipinski definition) is 2. The summed E-state index contributed by atoms with van der Waals surface area (Å²) in [5.41, 5.74) is 0. The topological polar surface area (TPSA) is 29.5 Å². The molecule has 1 heterocycles. The van der Waals surface area contributed by atoms with Gasteiger partial charge in [-0.3, -0.25) is 4.79 Å². The van der Waals surface area contributed by atoms with Gasteiger partial charge in [0.1, 0.15) is 6.10 Å². The van der Waals surface area contributed by atoms with Gasteiger partial charge in [0.05, 0.1) is 6.61 Å². The first-order chi connectivity index (χ1) is 5.29. The lowest BCUT2D eigenvalue weighted by molar-refractivity contribution is -0.155. The zero-order chi connectivity index (χ0) is 8.27. The minimum atomic E-state index is -0.130. The lowest BCUT2D eigenvalue weighted by Crippen LogP contribution is -2.45. The smallest absolute Gasteiger partial charge is 0.251 e. The Hall–Kier alpha value is -0.570. The Morgan fingerprint density at radius 2 is 2.09 bits per heavy atom. The number of ether oxygens (including phenoxy) is 1. The summed E-state index contributed by atoms with van der Waals surface area (Å²) in [6.45, 7) is 6.29. The molecule has 0 saturated carbocycles. The predicted molar refractivity (Wildman–Crippen MR) is 42.3 cm³/mol. The lowest BCUT2D eigenvalue weighted by atomic mass is 10.1. The summed E-state index contributed by atoms with van der Waals surface area (Å²) < 4.78 is 5.09. The fourth-order valence-electron chi connectivity index (χ4n) is 1.17. The summed E-state index contributed by atoms with van der Waals surface area (Å²) in [5, 5.41) is 0. The largest absolute Gasteiger partial charge is 0.368 e. The molecule has 0 aliphatic carbocycles. The van der Waals surface area contributed by atoms with Crippen LogP contribution in [0.3, 0.4) is 0 Å². The quantitative estimate of drug-likeness (QED) is 0.601. The molecule has 1 unspecified atom stereocenters. The van der Waals surface area contributed by atoms with E-state index in [9.17, 15) is 4.79 Å². The number of carbonyl (C=O) groups is 1. The highest BCUT2D eigenvalue weighted by Crippen LogP contribution is 2.13. The van der Waals surface area contributed by atoms with E-state index >= 15 is 0 Å². The van der Waals surface area contributed by atoms with Gasteiger partial charge in [-0.15, -0.1) is 0 Å². The van der Waals surface area contributed by atoms with Gasteiger partial charge in [0.25, 0.3) is 5.91 Å². The third-order valence-corrected chi connectivity index (χ3v) is 2.05. The van der Waals surface area contributed by atoms with Crippen molar-refractivity contribution in [2.45, 2.75) is 26.4 Å². The van der Waals surface area contributed by atoms with Crippen LogP contribution in [0.5, 0.6) is 0 Å². The Balaban J connectivity index is 2.36. The first-order valence-electron chi connectivity index (χ1n) is 4.20. The minimum Gasteiger partial charge on any atom is -0.368 e. The molecule has 0 N–H and O–H groups in total. The van der Waals surface area contributed by atoms with Crippen molar-refractivity contribution in [3.05, 3.63) is 0 Å². The van der Waals surface area contributed by atoms with Crippen LogP contribution in [0.25, 0.3) is 0 Å². The van der Waals surface area contributed by atoms with Crippen LogP contribution in [0.2, 0.25) is 0 Å². The van der Waals surface area contributed by atoms with Crippen LogP contribution in [0.1, 0.15) is 20.3 Å². The molecule has 0 bridgehead atoms. The molecule has 3 heteroatoms. The molecule has 0 aromatic rings. The molecule has 64 valence electrons. The second-order valence-electron chi connectivity index (χ2n) is 2.66. The first-order valence-corrected chi connectivity index (χ1v) is 4.20. The van der Waals surface area contributed by atoms with Crippen molar-refractivity contribution in [3.8, 4) is 0 Å². The van der Waals surface area contributed by atoms with Gasteiger partial charge >= 0.3 is 0 Å². The molecule has 1 atom stereocenters. The zero-order valence-corrected chi connectivity index (χ0v) is 7.17. The van der Waals surface area contributed by atoms with Crippen molar-refractivity contribution in [3.63, 3.8) is 0 Å². The maximum atomic E-state index is 11.4. The number of carbonyl (C=O) groups excluding carboxylic acids is 1. The standard InChI is InChI=1S/C8H15NO2/c1-3-9(4-2)8(10)7-5-6-11-7/h7H,3-6H2,1-2H3. The number of likely N-dealkylation sites (N-methyl/N-ethyl adjacent to an activating group) is 1. The van der Waals surface area contributed by atoms with E-state index < -0.39 is 0 Å². The van der Waals surface area contributed by atoms with E-state index in [1.807, 2.05) is 18.7 Å². The van der Waals surface area contributed by atoms with Crippen molar-refractivity contribution in [1.29, 1.82) is 0 Å². The Morgan fingerprint density at radius 1 is 1.55 bits per heavy atom. The van der Waals surface area contributed by atoms with Crippen LogP contribution in [0.15, 0.2) is 0 Å². The summed E-state index contributed by atoms with van der Waals surface area (Å²) in [5.74, 6) is 0.154. The van der Waals surface area contributed by atoms with Crippen LogP contribution < -0.4 is 0 Å². The molecule has 1 amide bonds. The first kappa shape index (κ1) is 8.53. The van der Waals surface area contributed by atoms with Crippen LogP contribution in [-0.4, -0.2) is 36.6 Å². The Bertz CT molecular complexity index is 139. The molecular weight excluding hydrogens is 142 g/mol. The van der Waals surface area contributed by atoms with Crippen LogP contribution >= 0.6 is 0 Å². The van der Waals surface area contributed by atoms with Gasteiger partial charge in [0.2, 0.25) is 0 Å². The number of rotatable bonds is 3. The molecule has 1 aliphatic rings. The van der Waals surface area contributed by atoms with E-state index in [0.29, 0.717) is 0 Å². The van der Waals surface area contributed by atoms with E-state index in [0.717, 1.165) is 26.1 Å². The number of amides is 1. The minimum absolute atomic E-state index is 0.130. The van der Waals surface area contributed by atoms with Gasteiger partial charge < -0.3 is 9.64 Å². The maximum absolute atomic E-state index is 11.4. The molecule has 1 fully saturated rings. The average Bonchev–Trinajstić information content (AvgIpc) is 1.86. The summed E-state index contributed by atoms with van der Waals surface area (Å²) in [7, 11) is 0. The average molecular weight is 157 g/mol. The van der Waals surface area contributed by atoms with Gasteiger partial charge in [-0.2, -0.15) is 0 Å². The monoisotopic (exact) mass is 157 g/mol. The zero-order valence-electron chi connectivity index (χ0n) is 7.17. The maximum Gasteiger partial charge on any atom is 0.251 e. The van der Waals surface area contributed by atoms with Crippen molar-refractivity contribution in [2.24, 2.45) is 0 Å². The van der Waals surface area contributed by atoms with Crippen LogP contribution in [-0.2, 0) is 9.53 Å².